The normalized spacial score (nSPS) is 12.1. The van der Waals surface area contributed by atoms with E-state index in [-0.39, 0.29) is 3.57 Å². The summed E-state index contributed by atoms with van der Waals surface area (Å²) in [7, 11) is 0.931. The van der Waals surface area contributed by atoms with Crippen molar-refractivity contribution in [3.8, 4) is 0 Å². The molecule has 3 nitrogen and oxygen atoms in total. The minimum absolute atomic E-state index is 0.210. The summed E-state index contributed by atoms with van der Waals surface area (Å²) in [5.74, 6) is 0. The third-order valence-corrected chi connectivity index (χ3v) is 3.74. The summed E-state index contributed by atoms with van der Waals surface area (Å²) in [6, 6.07) is 2.28. The first-order chi connectivity index (χ1) is 6.32. The Morgan fingerprint density at radius 2 is 2.00 bits per heavy atom. The Morgan fingerprint density at radius 1 is 1.43 bits per heavy atom. The van der Waals surface area contributed by atoms with E-state index in [2.05, 4.69) is 4.98 Å². The highest BCUT2D eigenvalue weighted by molar-refractivity contribution is 14.1. The van der Waals surface area contributed by atoms with Crippen molar-refractivity contribution in [1.82, 2.24) is 4.98 Å². The van der Waals surface area contributed by atoms with Gasteiger partial charge in [-0.1, -0.05) is 0 Å². The van der Waals surface area contributed by atoms with E-state index < -0.39 is 26.2 Å². The van der Waals surface area contributed by atoms with Gasteiger partial charge in [-0.3, -0.25) is 0 Å². The van der Waals surface area contributed by atoms with Crippen LogP contribution in [0.1, 0.15) is 12.1 Å². The lowest BCUT2D eigenvalue weighted by atomic mass is 10.4. The predicted octanol–water partition coefficient (Wildman–Crippen LogP) is 2.55. The molecule has 0 aliphatic rings. The molecule has 0 fully saturated rings. The molecule has 1 aromatic rings. The van der Waals surface area contributed by atoms with E-state index in [1.54, 1.807) is 22.6 Å². The Kier molecular flexibility index (Phi) is 3.64. The van der Waals surface area contributed by atoms with Gasteiger partial charge in [-0.2, -0.15) is 0 Å². The number of rotatable bonds is 2. The van der Waals surface area contributed by atoms with E-state index in [4.69, 9.17) is 10.7 Å². The molecule has 0 aromatic carbocycles. The Hall–Kier alpha value is -0.0200. The molecule has 0 spiro atoms. The Bertz CT molecular complexity index is 451. The average Bonchev–Trinajstić information content (AvgIpc) is 2.02. The van der Waals surface area contributed by atoms with Gasteiger partial charge in [-0.05, 0) is 34.7 Å². The second-order valence-corrected chi connectivity index (χ2v) is 5.91. The lowest BCUT2D eigenvalue weighted by Gasteiger charge is -2.02. The second kappa shape index (κ2) is 4.23. The summed E-state index contributed by atoms with van der Waals surface area (Å²) in [4.78, 5) is 3.27. The molecule has 1 heterocycles. The van der Waals surface area contributed by atoms with Gasteiger partial charge in [0.2, 0.25) is 0 Å². The summed E-state index contributed by atoms with van der Waals surface area (Å²) in [6.45, 7) is 0. The Balaban J connectivity index is 3.37. The van der Waals surface area contributed by atoms with Gasteiger partial charge in [0.25, 0.3) is 15.5 Å². The summed E-state index contributed by atoms with van der Waals surface area (Å²) >= 11 is 1.65. The van der Waals surface area contributed by atoms with Crippen LogP contribution in [-0.4, -0.2) is 13.4 Å². The van der Waals surface area contributed by atoms with Gasteiger partial charge in [-0.15, -0.1) is 0 Å². The van der Waals surface area contributed by atoms with E-state index in [1.165, 1.54) is 6.07 Å². The van der Waals surface area contributed by atoms with Gasteiger partial charge in [0.15, 0.2) is 5.03 Å². The third-order valence-electron chi connectivity index (χ3n) is 1.29. The number of nitrogens with zero attached hydrogens (tertiary/aromatic N) is 1. The second-order valence-electron chi connectivity index (χ2n) is 2.26. The van der Waals surface area contributed by atoms with Gasteiger partial charge < -0.3 is 0 Å². The molecule has 0 saturated heterocycles. The van der Waals surface area contributed by atoms with Crippen molar-refractivity contribution in [3.05, 3.63) is 21.4 Å². The van der Waals surface area contributed by atoms with E-state index in [0.717, 1.165) is 6.07 Å². The smallest absolute Gasteiger partial charge is 0.233 e. The Morgan fingerprint density at radius 3 is 2.43 bits per heavy atom. The van der Waals surface area contributed by atoms with Gasteiger partial charge >= 0.3 is 0 Å². The number of hydrogen-bond acceptors (Lipinski definition) is 3. The van der Waals surface area contributed by atoms with Crippen molar-refractivity contribution >= 4 is 42.3 Å². The number of alkyl halides is 2. The maximum Gasteiger partial charge on any atom is 0.280 e. The van der Waals surface area contributed by atoms with Crippen LogP contribution < -0.4 is 0 Å². The van der Waals surface area contributed by atoms with Gasteiger partial charge in [0.1, 0.15) is 5.69 Å². The van der Waals surface area contributed by atoms with Crippen LogP contribution >= 0.6 is 33.3 Å². The summed E-state index contributed by atoms with van der Waals surface area (Å²) in [5, 5.41) is -0.530. The minimum atomic E-state index is -4.07. The van der Waals surface area contributed by atoms with Crippen molar-refractivity contribution in [3.63, 3.8) is 0 Å². The molecule has 1 aromatic heterocycles. The molecule has 0 amide bonds. The van der Waals surface area contributed by atoms with E-state index in [9.17, 15) is 17.2 Å². The number of hydrogen-bond donors (Lipinski definition) is 0. The molecular formula is C6H3ClF2INO2S. The predicted molar refractivity (Wildman–Crippen MR) is 54.9 cm³/mol. The maximum atomic E-state index is 12.2. The SMILES string of the molecule is O=S(=O)(Cl)c1nc(C(F)F)ccc1I. The van der Waals surface area contributed by atoms with Crippen molar-refractivity contribution in [1.29, 1.82) is 0 Å². The van der Waals surface area contributed by atoms with Gasteiger partial charge in [-0.25, -0.2) is 22.2 Å². The highest BCUT2D eigenvalue weighted by atomic mass is 127. The zero-order valence-corrected chi connectivity index (χ0v) is 10.1. The van der Waals surface area contributed by atoms with Crippen molar-refractivity contribution in [2.24, 2.45) is 0 Å². The number of pyridine rings is 1. The maximum absolute atomic E-state index is 12.2. The third kappa shape index (κ3) is 2.74. The van der Waals surface area contributed by atoms with Crippen LogP contribution in [0.3, 0.4) is 0 Å². The zero-order chi connectivity index (χ0) is 10.9. The van der Waals surface area contributed by atoms with Gasteiger partial charge in [0, 0.05) is 10.7 Å². The molecule has 0 N–H and O–H groups in total. The fourth-order valence-electron chi connectivity index (χ4n) is 0.730. The molecule has 78 valence electrons. The minimum Gasteiger partial charge on any atom is -0.233 e. The molecule has 0 saturated carbocycles. The van der Waals surface area contributed by atoms with Crippen LogP contribution in [0.15, 0.2) is 17.2 Å². The van der Waals surface area contributed by atoms with Crippen LogP contribution in [-0.2, 0) is 9.05 Å². The molecule has 0 aliphatic carbocycles. The van der Waals surface area contributed by atoms with Crippen LogP contribution in [0.2, 0.25) is 0 Å². The van der Waals surface area contributed by atoms with Crippen molar-refractivity contribution < 1.29 is 17.2 Å². The van der Waals surface area contributed by atoms with Crippen molar-refractivity contribution in [2.75, 3.05) is 0 Å². The molecule has 0 radical (unpaired) electrons. The van der Waals surface area contributed by atoms with E-state index in [1.807, 2.05) is 0 Å². The van der Waals surface area contributed by atoms with E-state index in [0.29, 0.717) is 0 Å². The molecule has 14 heavy (non-hydrogen) atoms. The first-order valence-corrected chi connectivity index (χ1v) is 6.60. The van der Waals surface area contributed by atoms with Crippen LogP contribution in [0, 0.1) is 3.57 Å². The first kappa shape index (κ1) is 12.1. The molecule has 0 unspecified atom stereocenters. The standard InChI is InChI=1S/C6H3ClF2INO2S/c7-14(12,13)6-3(10)1-2-4(11-6)5(8)9/h1-2,5H. The Labute approximate surface area is 97.0 Å². The molecule has 8 heteroatoms. The molecule has 0 bridgehead atoms. The van der Waals surface area contributed by atoms with Crippen LogP contribution in [0.5, 0.6) is 0 Å². The zero-order valence-electron chi connectivity index (χ0n) is 6.42. The molecule has 0 aliphatic heterocycles. The van der Waals surface area contributed by atoms with Crippen LogP contribution in [0.4, 0.5) is 8.78 Å². The summed E-state index contributed by atoms with van der Waals surface area (Å²) in [5.41, 5.74) is -0.607. The number of aromatic nitrogens is 1. The lowest BCUT2D eigenvalue weighted by molar-refractivity contribution is 0.145. The summed E-state index contributed by atoms with van der Waals surface area (Å²) in [6.07, 6.45) is -2.82. The molecule has 1 rings (SSSR count). The lowest BCUT2D eigenvalue weighted by Crippen LogP contribution is -2.02. The topological polar surface area (TPSA) is 47.0 Å². The van der Waals surface area contributed by atoms with Crippen molar-refractivity contribution in [2.45, 2.75) is 11.5 Å². The summed E-state index contributed by atoms with van der Waals surface area (Å²) < 4.78 is 46.3. The van der Waals surface area contributed by atoms with Crippen LogP contribution in [0.25, 0.3) is 0 Å². The van der Waals surface area contributed by atoms with E-state index >= 15 is 0 Å². The monoisotopic (exact) mass is 353 g/mol. The quantitative estimate of drug-likeness (QED) is 0.606. The molecule has 0 atom stereocenters. The van der Waals surface area contributed by atoms with Gasteiger partial charge in [0.05, 0.1) is 3.57 Å². The highest BCUT2D eigenvalue weighted by Gasteiger charge is 2.19. The largest absolute Gasteiger partial charge is 0.280 e. The molecular weight excluding hydrogens is 350 g/mol. The first-order valence-electron chi connectivity index (χ1n) is 3.21. The number of halogens is 4. The highest BCUT2D eigenvalue weighted by Crippen LogP contribution is 2.24. The average molecular weight is 354 g/mol. The fourth-order valence-corrected chi connectivity index (χ4v) is 3.16. The fraction of sp³-hybridized carbons (Fsp3) is 0.167.